The number of methoxy groups -OCH3 is 6. The van der Waals surface area contributed by atoms with Crippen molar-refractivity contribution < 1.29 is 38.0 Å². The third-order valence-electron chi connectivity index (χ3n) is 4.90. The van der Waals surface area contributed by atoms with Gasteiger partial charge in [-0.3, -0.25) is 0 Å². The Morgan fingerprint density at radius 2 is 0.735 bits per heavy atom. The Morgan fingerprint density at radius 3 is 1.03 bits per heavy atom. The summed E-state index contributed by atoms with van der Waals surface area (Å²) < 4.78 is 37.8. The van der Waals surface area contributed by atoms with Gasteiger partial charge in [-0.25, -0.2) is 9.69 Å². The molecule has 0 aromatic heterocycles. The van der Waals surface area contributed by atoms with E-state index in [1.807, 2.05) is 0 Å². The highest BCUT2D eigenvalue weighted by atomic mass is 16.6. The van der Waals surface area contributed by atoms with Gasteiger partial charge in [0.05, 0.1) is 54.0 Å². The Hall–Kier alpha value is -4.27. The van der Waals surface area contributed by atoms with Crippen LogP contribution in [-0.2, 0) is 0 Å². The van der Waals surface area contributed by atoms with Crippen molar-refractivity contribution in [3.63, 3.8) is 0 Å². The Labute approximate surface area is 198 Å². The number of amides is 1. The minimum atomic E-state index is -0.707. The lowest BCUT2D eigenvalue weighted by Crippen LogP contribution is -2.29. The molecule has 0 saturated heterocycles. The molecule has 0 bridgehead atoms. The quantitative estimate of drug-likeness (QED) is 0.429. The zero-order valence-electron chi connectivity index (χ0n) is 19.9. The summed E-state index contributed by atoms with van der Waals surface area (Å²) in [5.74, 6) is 3.14. The lowest BCUT2D eigenvalue weighted by atomic mass is 10.2. The molecule has 3 aromatic rings. The van der Waals surface area contributed by atoms with Crippen LogP contribution in [0.15, 0.2) is 54.6 Å². The molecule has 9 heteroatoms. The fourth-order valence-corrected chi connectivity index (χ4v) is 3.19. The van der Waals surface area contributed by atoms with E-state index in [0.717, 1.165) is 0 Å². The fourth-order valence-electron chi connectivity index (χ4n) is 3.19. The number of hydrogen-bond donors (Lipinski definition) is 0. The zero-order valence-corrected chi connectivity index (χ0v) is 19.9. The van der Waals surface area contributed by atoms with Crippen molar-refractivity contribution in [3.05, 3.63) is 54.6 Å². The van der Waals surface area contributed by atoms with E-state index >= 15 is 0 Å². The van der Waals surface area contributed by atoms with Gasteiger partial charge in [-0.05, 0) is 0 Å². The van der Waals surface area contributed by atoms with E-state index in [1.54, 1.807) is 54.6 Å². The molecule has 0 heterocycles. The first-order valence-corrected chi connectivity index (χ1v) is 10.2. The number of benzene rings is 3. The average molecular weight is 469 g/mol. The highest BCUT2D eigenvalue weighted by Crippen LogP contribution is 2.37. The van der Waals surface area contributed by atoms with Crippen molar-refractivity contribution in [2.75, 3.05) is 47.6 Å². The topological polar surface area (TPSA) is 84.9 Å². The van der Waals surface area contributed by atoms with E-state index in [1.165, 1.54) is 47.6 Å². The van der Waals surface area contributed by atoms with Crippen LogP contribution in [0.3, 0.4) is 0 Å². The van der Waals surface area contributed by atoms with Gasteiger partial charge in [0, 0.05) is 54.6 Å². The predicted molar refractivity (Wildman–Crippen MR) is 127 cm³/mol. The van der Waals surface area contributed by atoms with Crippen molar-refractivity contribution in [3.8, 4) is 40.2 Å². The average Bonchev–Trinajstić information content (AvgIpc) is 2.87. The second kappa shape index (κ2) is 11.0. The normalized spacial score (nSPS) is 10.2. The molecule has 34 heavy (non-hydrogen) atoms. The standard InChI is InChI=1S/C25H27NO8/c1-28-18-7-16(8-19(11-18)29-2)26(17-9-20(30-3)12-21(10-17)31-4)25(27)34-24-14-22(32-5)13-23(15-24)33-6/h7-15H,1-6H3. The van der Waals surface area contributed by atoms with Crippen LogP contribution < -0.4 is 38.1 Å². The minimum Gasteiger partial charge on any atom is -0.497 e. The van der Waals surface area contributed by atoms with Crippen LogP contribution in [0.25, 0.3) is 0 Å². The number of nitrogens with zero attached hydrogens (tertiary/aromatic N) is 1. The zero-order chi connectivity index (χ0) is 24.7. The summed E-state index contributed by atoms with van der Waals surface area (Å²) >= 11 is 0. The van der Waals surface area contributed by atoms with Crippen LogP contribution in [0.4, 0.5) is 16.2 Å². The number of ether oxygens (including phenoxy) is 7. The van der Waals surface area contributed by atoms with Crippen LogP contribution in [0.5, 0.6) is 40.2 Å². The molecule has 9 nitrogen and oxygen atoms in total. The Morgan fingerprint density at radius 1 is 0.471 bits per heavy atom. The molecule has 0 N–H and O–H groups in total. The number of carbonyl (C=O) groups is 1. The van der Waals surface area contributed by atoms with Gasteiger partial charge in [0.15, 0.2) is 0 Å². The monoisotopic (exact) mass is 469 g/mol. The highest BCUT2D eigenvalue weighted by molar-refractivity contribution is 5.98. The number of hydrogen-bond acceptors (Lipinski definition) is 8. The van der Waals surface area contributed by atoms with Gasteiger partial charge < -0.3 is 33.2 Å². The Balaban J connectivity index is 2.14. The smallest absolute Gasteiger partial charge is 0.424 e. The van der Waals surface area contributed by atoms with Crippen LogP contribution >= 0.6 is 0 Å². The maximum atomic E-state index is 13.6. The highest BCUT2D eigenvalue weighted by Gasteiger charge is 2.24. The number of rotatable bonds is 9. The summed E-state index contributed by atoms with van der Waals surface area (Å²) in [7, 11) is 9.13. The van der Waals surface area contributed by atoms with E-state index in [0.29, 0.717) is 45.9 Å². The molecule has 3 rings (SSSR count). The van der Waals surface area contributed by atoms with Gasteiger partial charge in [0.25, 0.3) is 0 Å². The van der Waals surface area contributed by atoms with Crippen LogP contribution in [-0.4, -0.2) is 48.8 Å². The van der Waals surface area contributed by atoms with E-state index < -0.39 is 6.09 Å². The molecule has 0 spiro atoms. The second-order valence-electron chi connectivity index (χ2n) is 6.89. The molecule has 0 radical (unpaired) electrons. The van der Waals surface area contributed by atoms with Crippen molar-refractivity contribution in [1.29, 1.82) is 0 Å². The van der Waals surface area contributed by atoms with Crippen molar-refractivity contribution in [2.24, 2.45) is 0 Å². The lowest BCUT2D eigenvalue weighted by molar-refractivity contribution is 0.210. The summed E-state index contributed by atoms with van der Waals surface area (Å²) in [5, 5.41) is 0. The fraction of sp³-hybridized carbons (Fsp3) is 0.240. The first kappa shape index (κ1) is 24.4. The van der Waals surface area contributed by atoms with Crippen molar-refractivity contribution in [2.45, 2.75) is 0 Å². The SMILES string of the molecule is COc1cc(OC)cc(OC(=O)N(c2cc(OC)cc(OC)c2)c2cc(OC)cc(OC)c2)c1. The van der Waals surface area contributed by atoms with Gasteiger partial charge in [-0.2, -0.15) is 0 Å². The Kier molecular flexibility index (Phi) is 7.92. The first-order valence-electron chi connectivity index (χ1n) is 10.2. The largest absolute Gasteiger partial charge is 0.497 e. The molecule has 0 aliphatic heterocycles. The van der Waals surface area contributed by atoms with E-state index in [2.05, 4.69) is 0 Å². The van der Waals surface area contributed by atoms with E-state index in [9.17, 15) is 4.79 Å². The van der Waals surface area contributed by atoms with Crippen LogP contribution in [0.1, 0.15) is 0 Å². The molecule has 0 unspecified atom stereocenters. The maximum absolute atomic E-state index is 13.6. The predicted octanol–water partition coefficient (Wildman–Crippen LogP) is 5.08. The number of anilines is 2. The van der Waals surface area contributed by atoms with Crippen LogP contribution in [0.2, 0.25) is 0 Å². The van der Waals surface area contributed by atoms with Gasteiger partial charge in [0.1, 0.15) is 40.2 Å². The van der Waals surface area contributed by atoms with Crippen LogP contribution in [0, 0.1) is 0 Å². The molecule has 0 saturated carbocycles. The number of carbonyl (C=O) groups excluding carboxylic acids is 1. The van der Waals surface area contributed by atoms with Gasteiger partial charge >= 0.3 is 6.09 Å². The van der Waals surface area contributed by atoms with Crippen molar-refractivity contribution in [1.82, 2.24) is 0 Å². The van der Waals surface area contributed by atoms with Crippen molar-refractivity contribution >= 4 is 17.5 Å². The summed E-state index contributed by atoms with van der Waals surface area (Å²) in [5.41, 5.74) is 0.873. The molecule has 180 valence electrons. The first-order chi connectivity index (χ1) is 16.4. The molecular formula is C25H27NO8. The third-order valence-corrected chi connectivity index (χ3v) is 4.90. The molecular weight excluding hydrogens is 442 g/mol. The molecule has 1 amide bonds. The molecule has 0 aliphatic carbocycles. The molecule has 0 fully saturated rings. The van der Waals surface area contributed by atoms with Gasteiger partial charge in [-0.1, -0.05) is 0 Å². The summed E-state index contributed by atoms with van der Waals surface area (Å²) in [6, 6.07) is 15.0. The van der Waals surface area contributed by atoms with E-state index in [-0.39, 0.29) is 5.75 Å². The van der Waals surface area contributed by atoms with Gasteiger partial charge in [-0.15, -0.1) is 0 Å². The second-order valence-corrected chi connectivity index (χ2v) is 6.89. The summed E-state index contributed by atoms with van der Waals surface area (Å²) in [4.78, 5) is 14.9. The summed E-state index contributed by atoms with van der Waals surface area (Å²) in [6.07, 6.45) is -0.707. The van der Waals surface area contributed by atoms with E-state index in [4.69, 9.17) is 33.2 Å². The molecule has 0 aliphatic rings. The summed E-state index contributed by atoms with van der Waals surface area (Å²) in [6.45, 7) is 0. The lowest BCUT2D eigenvalue weighted by Gasteiger charge is -2.24. The Bertz CT molecular complexity index is 1030. The third kappa shape index (κ3) is 5.55. The van der Waals surface area contributed by atoms with Gasteiger partial charge in [0.2, 0.25) is 0 Å². The maximum Gasteiger partial charge on any atom is 0.424 e. The molecule has 3 aromatic carbocycles. The molecule has 0 atom stereocenters. The minimum absolute atomic E-state index is 0.232.